The Morgan fingerprint density at radius 2 is 1.04 bits per heavy atom. The Bertz CT molecular complexity index is 2500. The molecule has 7 aromatic rings. The number of allylic oxidation sites excluding steroid dienone is 2. The molecule has 0 radical (unpaired) electrons. The number of hydrogen-bond acceptors (Lipinski definition) is 2. The second kappa shape index (κ2) is 13.6. The van der Waals surface area contributed by atoms with E-state index in [1.807, 2.05) is 0 Å². The summed E-state index contributed by atoms with van der Waals surface area (Å²) in [6.45, 7) is 0. The number of quaternary nitrogens is 1. The maximum Gasteiger partial charge on any atom is 0.141 e. The van der Waals surface area contributed by atoms with E-state index in [9.17, 15) is 0 Å². The highest BCUT2D eigenvalue weighted by molar-refractivity contribution is 5.88. The number of rotatable bonds is 6. The van der Waals surface area contributed by atoms with E-state index in [0.717, 1.165) is 11.1 Å². The molecule has 4 aliphatic rings. The number of fused-ring (bicyclic) bond motifs is 6. The lowest BCUT2D eigenvalue weighted by molar-refractivity contribution is -0.776. The Morgan fingerprint density at radius 1 is 0.482 bits per heavy atom. The van der Waals surface area contributed by atoms with Crippen LogP contribution in [-0.4, -0.2) is 6.04 Å². The molecule has 0 bridgehead atoms. The molecule has 0 spiro atoms. The molecule has 4 heteroatoms. The number of nitrogens with one attached hydrogen (secondary N) is 3. The van der Waals surface area contributed by atoms with Crippen LogP contribution in [0.25, 0.3) is 16.4 Å². The molecule has 4 nitrogen and oxygen atoms in total. The van der Waals surface area contributed by atoms with Crippen LogP contribution in [0.1, 0.15) is 68.9 Å². The zero-order chi connectivity index (χ0) is 37.1. The molecule has 1 fully saturated rings. The van der Waals surface area contributed by atoms with Gasteiger partial charge in [0.25, 0.3) is 0 Å². The van der Waals surface area contributed by atoms with Crippen molar-refractivity contribution >= 4 is 11.4 Å². The van der Waals surface area contributed by atoms with Crippen LogP contribution >= 0.6 is 0 Å². The van der Waals surface area contributed by atoms with Crippen molar-refractivity contribution in [3.05, 3.63) is 256 Å². The van der Waals surface area contributed by atoms with Crippen LogP contribution in [0.4, 0.5) is 11.4 Å². The molecule has 7 aromatic carbocycles. The monoisotopic (exact) mass is 722 g/mol. The van der Waals surface area contributed by atoms with Crippen molar-refractivity contribution in [3.63, 3.8) is 0 Å². The Kier molecular flexibility index (Phi) is 8.04. The van der Waals surface area contributed by atoms with E-state index >= 15 is 0 Å². The summed E-state index contributed by atoms with van der Waals surface area (Å²) >= 11 is 0. The van der Waals surface area contributed by atoms with Gasteiger partial charge in [-0.15, -0.1) is 0 Å². The van der Waals surface area contributed by atoms with Crippen molar-refractivity contribution < 1.29 is 4.90 Å². The van der Waals surface area contributed by atoms with Crippen LogP contribution in [0, 0.1) is 0 Å². The Balaban J connectivity index is 1.02. The van der Waals surface area contributed by atoms with Gasteiger partial charge < -0.3 is 16.0 Å². The minimum Gasteiger partial charge on any atom is -0.624 e. The van der Waals surface area contributed by atoms with Gasteiger partial charge in [-0.25, -0.2) is 0 Å². The normalized spacial score (nSPS) is 23.9. The molecular formula is C52H42N4. The second-order valence-electron chi connectivity index (χ2n) is 15.4. The van der Waals surface area contributed by atoms with Crippen molar-refractivity contribution in [2.45, 2.75) is 35.9 Å². The summed E-state index contributed by atoms with van der Waals surface area (Å²) in [6, 6.07) is 67.1. The molecule has 270 valence electrons. The van der Waals surface area contributed by atoms with Crippen LogP contribution < -0.4 is 15.5 Å². The van der Waals surface area contributed by atoms with Gasteiger partial charge in [-0.1, -0.05) is 199 Å². The molecule has 1 saturated heterocycles. The van der Waals surface area contributed by atoms with E-state index in [0.29, 0.717) is 0 Å². The lowest BCUT2D eigenvalue weighted by Crippen LogP contribution is -3.05. The standard InChI is InChI=1S/C52H41N4/c1-5-17-35(18-6-1)49-53-50(36-19-7-2-8-20-36)55-51(54-49)37-29-31-40(32-30-37)56-47-28-16-14-26-42(47)44-33-43-41-25-13-15-27-45(41)52(46(43)34-48(44)56,38-21-9-3-10-22-38)39-23-11-4-12-24-39/h1-34,42,47,49-51,54-55H/q-1/p+1. The average Bonchev–Trinajstić information content (AvgIpc) is 3.76. The average molecular weight is 723 g/mol. The fraction of sp³-hybridized carbons (Fsp3) is 0.115. The van der Waals surface area contributed by atoms with Crippen molar-refractivity contribution in [1.29, 1.82) is 0 Å². The molecule has 0 amide bonds. The van der Waals surface area contributed by atoms with Gasteiger partial charge in [-0.05, 0) is 63.2 Å². The van der Waals surface area contributed by atoms with Gasteiger partial charge in [0, 0.05) is 11.6 Å². The second-order valence-corrected chi connectivity index (χ2v) is 15.4. The number of benzene rings is 7. The maximum absolute atomic E-state index is 5.21. The number of nitrogens with zero attached hydrogens (tertiary/aromatic N) is 1. The van der Waals surface area contributed by atoms with Gasteiger partial charge in [-0.2, -0.15) is 0 Å². The fourth-order valence-electron chi connectivity index (χ4n) is 10.0. The smallest absolute Gasteiger partial charge is 0.141 e. The Hall–Kier alpha value is -6.14. The molecule has 0 aromatic heterocycles. The summed E-state index contributed by atoms with van der Waals surface area (Å²) in [5.74, 6) is 0.284. The first-order chi connectivity index (χ1) is 27.8. The quantitative estimate of drug-likeness (QED) is 0.160. The first-order valence-electron chi connectivity index (χ1n) is 19.8. The summed E-state index contributed by atoms with van der Waals surface area (Å²) < 4.78 is 0. The first-order valence-corrected chi connectivity index (χ1v) is 19.8. The molecular weight excluding hydrogens is 681 g/mol. The predicted molar refractivity (Wildman–Crippen MR) is 226 cm³/mol. The predicted octanol–water partition coefficient (Wildman–Crippen LogP) is 10.5. The van der Waals surface area contributed by atoms with Crippen LogP contribution in [0.5, 0.6) is 0 Å². The molecule has 2 aliphatic heterocycles. The largest absolute Gasteiger partial charge is 0.624 e. The molecule has 2 aliphatic carbocycles. The minimum absolute atomic E-state index is 0.0813. The fourth-order valence-corrected chi connectivity index (χ4v) is 10.0. The third kappa shape index (κ3) is 5.22. The zero-order valence-electron chi connectivity index (χ0n) is 31.0. The van der Waals surface area contributed by atoms with Crippen LogP contribution in [0.3, 0.4) is 0 Å². The highest BCUT2D eigenvalue weighted by Gasteiger charge is 2.50. The number of hydrogen-bond donors (Lipinski definition) is 3. The van der Waals surface area contributed by atoms with Gasteiger partial charge in [0.15, 0.2) is 0 Å². The highest BCUT2D eigenvalue weighted by atomic mass is 15.4. The Labute approximate surface area is 328 Å². The lowest BCUT2D eigenvalue weighted by atomic mass is 9.67. The molecule has 3 N–H and O–H groups in total. The molecule has 11 rings (SSSR count). The van der Waals surface area contributed by atoms with Gasteiger partial charge in [-0.3, -0.25) is 4.90 Å². The first kappa shape index (κ1) is 33.2. The summed E-state index contributed by atoms with van der Waals surface area (Å²) in [6.07, 6.45) is 8.93. The van der Waals surface area contributed by atoms with Gasteiger partial charge in [0.05, 0.1) is 17.5 Å². The van der Waals surface area contributed by atoms with Gasteiger partial charge >= 0.3 is 0 Å². The van der Waals surface area contributed by atoms with Gasteiger partial charge in [0.1, 0.15) is 17.4 Å². The molecule has 0 saturated carbocycles. The summed E-state index contributed by atoms with van der Waals surface area (Å²) in [7, 11) is 0. The van der Waals surface area contributed by atoms with Crippen molar-refractivity contribution in [1.82, 2.24) is 10.6 Å². The maximum atomic E-state index is 5.21. The van der Waals surface area contributed by atoms with E-state index in [1.165, 1.54) is 60.8 Å². The zero-order valence-corrected chi connectivity index (χ0v) is 31.0. The summed E-state index contributed by atoms with van der Waals surface area (Å²) in [5.41, 5.74) is 15.1. The molecule has 5 unspecified atom stereocenters. The summed E-state index contributed by atoms with van der Waals surface area (Å²) in [5, 5.41) is 12.8. The van der Waals surface area contributed by atoms with E-state index < -0.39 is 5.41 Å². The van der Waals surface area contributed by atoms with Crippen LogP contribution in [-0.2, 0) is 5.41 Å². The van der Waals surface area contributed by atoms with E-state index in [1.54, 1.807) is 0 Å². The van der Waals surface area contributed by atoms with E-state index in [2.05, 4.69) is 217 Å². The highest BCUT2D eigenvalue weighted by Crippen LogP contribution is 2.58. The third-order valence-corrected chi connectivity index (χ3v) is 12.5. The van der Waals surface area contributed by atoms with Crippen molar-refractivity contribution in [2.24, 2.45) is 0 Å². The van der Waals surface area contributed by atoms with Gasteiger partial charge in [0.2, 0.25) is 0 Å². The van der Waals surface area contributed by atoms with Crippen molar-refractivity contribution in [3.8, 4) is 11.1 Å². The van der Waals surface area contributed by atoms with E-state index in [4.69, 9.17) is 5.32 Å². The van der Waals surface area contributed by atoms with Crippen molar-refractivity contribution in [2.75, 3.05) is 0 Å². The van der Waals surface area contributed by atoms with Crippen LogP contribution in [0.2, 0.25) is 0 Å². The van der Waals surface area contributed by atoms with Crippen LogP contribution in [0.15, 0.2) is 206 Å². The molecule has 56 heavy (non-hydrogen) atoms. The SMILES string of the molecule is C1=CC2c3cc4c(cc3[NH+](c3ccc(C5NC(c6ccccc6)[N-]C(c6ccccc6)N5)cc3)C2C=C1)C(c1ccccc1)(c1ccccc1)c1ccccc1-4. The molecule has 2 heterocycles. The third-order valence-electron chi connectivity index (χ3n) is 12.5. The minimum atomic E-state index is -0.439. The lowest BCUT2D eigenvalue weighted by Gasteiger charge is -2.50. The van der Waals surface area contributed by atoms with E-state index in [-0.39, 0.29) is 30.5 Å². The molecule has 5 atom stereocenters. The Morgan fingerprint density at radius 3 is 1.66 bits per heavy atom. The topological polar surface area (TPSA) is 42.6 Å². The summed E-state index contributed by atoms with van der Waals surface area (Å²) in [4.78, 5) is 1.40.